The summed E-state index contributed by atoms with van der Waals surface area (Å²) in [6.45, 7) is 14.3. The van der Waals surface area contributed by atoms with Crippen LogP contribution in [0.25, 0.3) is 17.7 Å². The van der Waals surface area contributed by atoms with Crippen LogP contribution in [-0.4, -0.2) is 51.2 Å². The molecule has 7 rings (SSSR count). The molecule has 0 amide bonds. The van der Waals surface area contributed by atoms with E-state index in [4.69, 9.17) is 9.47 Å². The maximum atomic E-state index is 14.1. The minimum atomic E-state index is -1.17. The normalized spacial score (nSPS) is 33.2. The Bertz CT molecular complexity index is 1970. The van der Waals surface area contributed by atoms with Gasteiger partial charge in [0.05, 0.1) is 12.8 Å². The first-order valence-electron chi connectivity index (χ1n) is 15.5. The number of carbonyl (C=O) groups is 3. The van der Waals surface area contributed by atoms with Crippen LogP contribution >= 0.6 is 0 Å². The Morgan fingerprint density at radius 2 is 1.93 bits per heavy atom. The average Bonchev–Trinajstić information content (AvgIpc) is 3.40. The van der Waals surface area contributed by atoms with E-state index in [-0.39, 0.29) is 24.0 Å². The second-order valence-electron chi connectivity index (χ2n) is 12.8. The van der Waals surface area contributed by atoms with Crippen molar-refractivity contribution in [3.8, 4) is 0 Å². The molecule has 10 nitrogen and oxygen atoms in total. The van der Waals surface area contributed by atoms with Gasteiger partial charge in [0.25, 0.3) is 0 Å². The largest absolute Gasteiger partial charge is 0.481 e. The smallest absolute Gasteiger partial charge is 0.321 e. The highest BCUT2D eigenvalue weighted by Gasteiger charge is 2.72. The van der Waals surface area contributed by atoms with Crippen LogP contribution in [0.5, 0.6) is 0 Å². The van der Waals surface area contributed by atoms with E-state index in [0.717, 1.165) is 56.5 Å². The number of hydrogen-bond donors (Lipinski definition) is 5. The molecule has 2 aromatic heterocycles. The zero-order valence-corrected chi connectivity index (χ0v) is 26.4. The van der Waals surface area contributed by atoms with Gasteiger partial charge in [-0.15, -0.1) is 0 Å². The van der Waals surface area contributed by atoms with Crippen LogP contribution in [-0.2, 0) is 25.5 Å². The van der Waals surface area contributed by atoms with Gasteiger partial charge in [-0.2, -0.15) is 0 Å². The molecule has 0 unspecified atom stereocenters. The number of carbonyl (C=O) groups excluding carboxylic acids is 2. The van der Waals surface area contributed by atoms with E-state index < -0.39 is 29.2 Å². The second-order valence-corrected chi connectivity index (χ2v) is 12.8. The van der Waals surface area contributed by atoms with Crippen molar-refractivity contribution in [2.24, 2.45) is 17.8 Å². The summed E-state index contributed by atoms with van der Waals surface area (Å²) in [6, 6.07) is 0. The maximum absolute atomic E-state index is 14.1. The molecule has 4 aliphatic heterocycles. The van der Waals surface area contributed by atoms with Gasteiger partial charge in [-0.05, 0) is 68.5 Å². The Labute approximate surface area is 260 Å². The molecule has 1 spiro atoms. The molecule has 2 fully saturated rings. The van der Waals surface area contributed by atoms with E-state index >= 15 is 0 Å². The summed E-state index contributed by atoms with van der Waals surface area (Å²) in [5.74, 6) is -3.53. The van der Waals surface area contributed by atoms with Crippen LogP contribution in [0.3, 0.4) is 0 Å². The highest BCUT2D eigenvalue weighted by atomic mass is 16.7. The summed E-state index contributed by atoms with van der Waals surface area (Å²) < 4.78 is 11.6. The maximum Gasteiger partial charge on any atom is 0.321 e. The number of hydrogen-bond acceptors (Lipinski definition) is 7. The summed E-state index contributed by atoms with van der Waals surface area (Å²) in [7, 11) is 1.28. The number of carboxylic acid groups (broad SMARTS) is 1. The Morgan fingerprint density at radius 3 is 2.60 bits per heavy atom. The van der Waals surface area contributed by atoms with E-state index in [1.807, 2.05) is 39.0 Å². The molecule has 0 radical (unpaired) electrons. The summed E-state index contributed by atoms with van der Waals surface area (Å²) in [5.41, 5.74) is 7.12. The first kappa shape index (κ1) is 29.2. The van der Waals surface area contributed by atoms with E-state index in [1.54, 1.807) is 0 Å². The van der Waals surface area contributed by atoms with Gasteiger partial charge in [0.1, 0.15) is 11.5 Å². The molecule has 0 saturated carbocycles. The van der Waals surface area contributed by atoms with E-state index in [0.29, 0.717) is 28.9 Å². The lowest BCUT2D eigenvalue weighted by atomic mass is 9.84. The number of rotatable bonds is 6. The van der Waals surface area contributed by atoms with Crippen molar-refractivity contribution in [2.75, 3.05) is 7.11 Å². The molecule has 8 bridgehead atoms. The number of fused-ring (bicyclic) bond motifs is 6. The fourth-order valence-corrected chi connectivity index (χ4v) is 8.01. The summed E-state index contributed by atoms with van der Waals surface area (Å²) in [5, 5.41) is 18.7. The quantitative estimate of drug-likeness (QED) is 0.191. The Hall–Kier alpha value is -4.57. The van der Waals surface area contributed by atoms with Gasteiger partial charge in [0.2, 0.25) is 0 Å². The lowest BCUT2D eigenvalue weighted by Gasteiger charge is -2.19. The number of aliphatic carboxylic acids is 1. The van der Waals surface area contributed by atoms with Crippen molar-refractivity contribution in [1.29, 1.82) is 0 Å². The first-order chi connectivity index (χ1) is 21.4. The highest BCUT2D eigenvalue weighted by molar-refractivity contribution is 6.24. The average molecular weight is 611 g/mol. The van der Waals surface area contributed by atoms with Crippen molar-refractivity contribution in [1.82, 2.24) is 20.6 Å². The van der Waals surface area contributed by atoms with Crippen molar-refractivity contribution in [3.05, 3.63) is 85.7 Å². The van der Waals surface area contributed by atoms with Gasteiger partial charge in [-0.25, -0.2) is 0 Å². The summed E-state index contributed by atoms with van der Waals surface area (Å²) in [4.78, 5) is 46.2. The number of aromatic amines is 2. The van der Waals surface area contributed by atoms with Crippen LogP contribution in [0.1, 0.15) is 72.0 Å². The molecule has 1 aliphatic carbocycles. The predicted molar refractivity (Wildman–Crippen MR) is 168 cm³/mol. The Balaban J connectivity index is 1.56. The standard InChI is InChI=1S/C35H38N4O6/c1-8-18-15(3)21-13-24-20(9-2)34(6)35(39-24,45-34)14-25-16(4)19(10-11-26(40)41)30(38-25)28-29(33(43)44-7)32(42)27-17(5)22(37-31(27)28)12-23(18)36-21/h9,12-14,16,19,29,36-39H,2,8,10-11H2,1,3-7H3,(H,40,41)/b21-13-,23-12-,25-14-,30-28-/t16-,19-,29+,34+,35+/m0/s1. The number of ether oxygens (including phenoxy) is 2. The molecule has 0 aromatic carbocycles. The van der Waals surface area contributed by atoms with Gasteiger partial charge in [0, 0.05) is 68.4 Å². The zero-order chi connectivity index (χ0) is 32.2. The number of esters is 1. The van der Waals surface area contributed by atoms with Gasteiger partial charge >= 0.3 is 11.9 Å². The van der Waals surface area contributed by atoms with Gasteiger partial charge in [-0.3, -0.25) is 14.4 Å². The molecule has 10 heteroatoms. The molecule has 2 aromatic rings. The lowest BCUT2D eigenvalue weighted by Crippen LogP contribution is -2.32. The number of H-pyrrole nitrogens is 2. The zero-order valence-electron chi connectivity index (χ0n) is 26.4. The van der Waals surface area contributed by atoms with Gasteiger partial charge in [0.15, 0.2) is 11.5 Å². The molecule has 5 atom stereocenters. The second kappa shape index (κ2) is 9.71. The van der Waals surface area contributed by atoms with E-state index in [1.165, 1.54) is 7.11 Å². The molecule has 45 heavy (non-hydrogen) atoms. The lowest BCUT2D eigenvalue weighted by molar-refractivity contribution is -0.142. The summed E-state index contributed by atoms with van der Waals surface area (Å²) >= 11 is 0. The van der Waals surface area contributed by atoms with Crippen LogP contribution < -0.4 is 21.3 Å². The van der Waals surface area contributed by atoms with Gasteiger partial charge < -0.3 is 35.2 Å². The van der Waals surface area contributed by atoms with Crippen LogP contribution in [0.4, 0.5) is 0 Å². The summed E-state index contributed by atoms with van der Waals surface area (Å²) in [6.07, 6.45) is 9.03. The monoisotopic (exact) mass is 610 g/mol. The molecular weight excluding hydrogens is 572 g/mol. The number of methoxy groups -OCH3 is 1. The fraction of sp³-hybridized carbons (Fsp3) is 0.400. The highest BCUT2D eigenvalue weighted by Crippen LogP contribution is 2.59. The molecule has 2 saturated heterocycles. The minimum absolute atomic E-state index is 0.0693. The number of Topliss-reactive ketones (excluding diaryl/α,β-unsaturated/α-hetero) is 1. The van der Waals surface area contributed by atoms with Crippen molar-refractivity contribution < 1.29 is 29.0 Å². The number of aromatic nitrogens is 2. The minimum Gasteiger partial charge on any atom is -0.481 e. The van der Waals surface area contributed by atoms with E-state index in [9.17, 15) is 19.5 Å². The third kappa shape index (κ3) is 3.87. The molecule has 5 aliphatic rings. The topological polar surface area (TPSA) is 149 Å². The molecule has 234 valence electrons. The van der Waals surface area contributed by atoms with Crippen molar-refractivity contribution >= 4 is 35.4 Å². The predicted octanol–water partition coefficient (Wildman–Crippen LogP) is 2.97. The SMILES string of the molecule is C=CC1=C2/C=c3\[nH]/c(c(CC)c3C)=C\c3[nH]c4c(c3C)C(=O)[C@H](C(=O)OC)/C4=C3/N/C(=C\[C@@]4(N2)O[C@]14C)[C@@H](C)[C@@H]3CCC(=O)O. The number of epoxide rings is 1. The van der Waals surface area contributed by atoms with Crippen molar-refractivity contribution in [3.63, 3.8) is 0 Å². The van der Waals surface area contributed by atoms with Crippen LogP contribution in [0.15, 0.2) is 41.4 Å². The number of carboxylic acids is 1. The van der Waals surface area contributed by atoms with E-state index in [2.05, 4.69) is 47.1 Å². The molecular formula is C35H38N4O6. The molecule has 6 heterocycles. The number of allylic oxidation sites excluding steroid dienone is 3. The Morgan fingerprint density at radius 1 is 1.18 bits per heavy atom. The fourth-order valence-electron chi connectivity index (χ4n) is 8.01. The van der Waals surface area contributed by atoms with Crippen molar-refractivity contribution in [2.45, 2.75) is 65.2 Å². The molecule has 5 N–H and O–H groups in total. The number of nitrogens with one attached hydrogen (secondary N) is 4. The third-order valence-electron chi connectivity index (χ3n) is 10.6. The van der Waals surface area contributed by atoms with Crippen LogP contribution in [0.2, 0.25) is 0 Å². The van der Waals surface area contributed by atoms with Crippen LogP contribution in [0, 0.1) is 31.6 Å². The van der Waals surface area contributed by atoms with Gasteiger partial charge in [-0.1, -0.05) is 26.5 Å². The Kier molecular flexibility index (Phi) is 6.29. The number of ketones is 1. The first-order valence-corrected chi connectivity index (χ1v) is 15.5. The third-order valence-corrected chi connectivity index (χ3v) is 10.6.